The van der Waals surface area contributed by atoms with Gasteiger partial charge in [0, 0.05) is 38.9 Å². The van der Waals surface area contributed by atoms with Crippen molar-refractivity contribution in [3.8, 4) is 0 Å². The minimum atomic E-state index is -0.827. The zero-order valence-electron chi connectivity index (χ0n) is 10.6. The topological polar surface area (TPSA) is 76.3 Å². The molecule has 1 rings (SSSR count). The SMILES string of the molecule is Cn1cc(CNCC(C)(C)O)c(=O)n(C)c1=O. The maximum atomic E-state index is 11.7. The van der Waals surface area contributed by atoms with E-state index in [2.05, 4.69) is 5.32 Å². The Hall–Kier alpha value is -1.40. The molecule has 0 saturated heterocycles. The van der Waals surface area contributed by atoms with E-state index < -0.39 is 5.60 Å². The first-order valence-corrected chi connectivity index (χ1v) is 5.41. The van der Waals surface area contributed by atoms with Crippen LogP contribution in [0.4, 0.5) is 0 Å². The van der Waals surface area contributed by atoms with Gasteiger partial charge in [-0.15, -0.1) is 0 Å². The summed E-state index contributed by atoms with van der Waals surface area (Å²) in [7, 11) is 3.05. The molecule has 0 unspecified atom stereocenters. The van der Waals surface area contributed by atoms with Gasteiger partial charge >= 0.3 is 5.69 Å². The fourth-order valence-electron chi connectivity index (χ4n) is 1.51. The molecule has 6 nitrogen and oxygen atoms in total. The van der Waals surface area contributed by atoms with E-state index in [1.807, 2.05) is 0 Å². The highest BCUT2D eigenvalue weighted by Crippen LogP contribution is 1.98. The van der Waals surface area contributed by atoms with Crippen LogP contribution in [0.25, 0.3) is 0 Å². The lowest BCUT2D eigenvalue weighted by molar-refractivity contribution is 0.0794. The first kappa shape index (κ1) is 13.7. The lowest BCUT2D eigenvalue weighted by Crippen LogP contribution is -2.41. The highest BCUT2D eigenvalue weighted by molar-refractivity contribution is 5.05. The van der Waals surface area contributed by atoms with Crippen LogP contribution in [0.3, 0.4) is 0 Å². The molecule has 1 aromatic rings. The summed E-state index contributed by atoms with van der Waals surface area (Å²) in [5.74, 6) is 0. The Morgan fingerprint density at radius 1 is 1.35 bits per heavy atom. The molecule has 0 atom stereocenters. The first-order chi connectivity index (χ1) is 7.72. The van der Waals surface area contributed by atoms with E-state index >= 15 is 0 Å². The van der Waals surface area contributed by atoms with Crippen LogP contribution in [0.1, 0.15) is 19.4 Å². The molecule has 1 heterocycles. The smallest absolute Gasteiger partial charge is 0.330 e. The van der Waals surface area contributed by atoms with E-state index in [1.54, 1.807) is 20.9 Å². The largest absolute Gasteiger partial charge is 0.389 e. The molecular weight excluding hydrogens is 222 g/mol. The Balaban J connectivity index is 2.87. The molecule has 0 amide bonds. The summed E-state index contributed by atoms with van der Waals surface area (Å²) in [6.07, 6.45) is 1.52. The van der Waals surface area contributed by atoms with Gasteiger partial charge in [-0.3, -0.25) is 9.36 Å². The standard InChI is InChI=1S/C11H19N3O3/c1-11(2,17)7-12-5-8-6-13(3)10(16)14(4)9(8)15/h6,12,17H,5,7H2,1-4H3. The first-order valence-electron chi connectivity index (χ1n) is 5.41. The summed E-state index contributed by atoms with van der Waals surface area (Å²) >= 11 is 0. The summed E-state index contributed by atoms with van der Waals surface area (Å²) in [5, 5.41) is 12.5. The van der Waals surface area contributed by atoms with Gasteiger partial charge in [0.1, 0.15) is 0 Å². The van der Waals surface area contributed by atoms with Crippen molar-refractivity contribution in [1.29, 1.82) is 0 Å². The van der Waals surface area contributed by atoms with E-state index in [4.69, 9.17) is 0 Å². The molecule has 2 N–H and O–H groups in total. The van der Waals surface area contributed by atoms with Crippen molar-refractivity contribution in [2.24, 2.45) is 14.1 Å². The maximum Gasteiger partial charge on any atom is 0.330 e. The number of aliphatic hydroxyl groups is 1. The average Bonchev–Trinajstić information content (AvgIpc) is 2.21. The van der Waals surface area contributed by atoms with Crippen LogP contribution < -0.4 is 16.6 Å². The molecule has 6 heteroatoms. The lowest BCUT2D eigenvalue weighted by Gasteiger charge is -2.17. The van der Waals surface area contributed by atoms with Gasteiger partial charge in [0.25, 0.3) is 5.56 Å². The summed E-state index contributed by atoms with van der Waals surface area (Å²) in [4.78, 5) is 23.2. The zero-order valence-corrected chi connectivity index (χ0v) is 10.6. The molecule has 96 valence electrons. The third-order valence-corrected chi connectivity index (χ3v) is 2.39. The maximum absolute atomic E-state index is 11.7. The Bertz CT molecular complexity index is 508. The molecule has 0 aliphatic carbocycles. The number of nitrogens with one attached hydrogen (secondary N) is 1. The molecule has 17 heavy (non-hydrogen) atoms. The van der Waals surface area contributed by atoms with Crippen molar-refractivity contribution >= 4 is 0 Å². The van der Waals surface area contributed by atoms with Crippen LogP contribution in [0.15, 0.2) is 15.8 Å². The van der Waals surface area contributed by atoms with Crippen LogP contribution in [0.2, 0.25) is 0 Å². The second-order valence-corrected chi connectivity index (χ2v) is 4.83. The second kappa shape index (κ2) is 4.85. The Labute approximate surface area is 99.5 Å². The van der Waals surface area contributed by atoms with Crippen LogP contribution in [-0.4, -0.2) is 26.4 Å². The third-order valence-electron chi connectivity index (χ3n) is 2.39. The number of hydrogen-bond acceptors (Lipinski definition) is 4. The molecular formula is C11H19N3O3. The highest BCUT2D eigenvalue weighted by Gasteiger charge is 2.12. The van der Waals surface area contributed by atoms with Gasteiger partial charge in [0.2, 0.25) is 0 Å². The van der Waals surface area contributed by atoms with Crippen molar-refractivity contribution in [1.82, 2.24) is 14.5 Å². The molecule has 1 aromatic heterocycles. The van der Waals surface area contributed by atoms with Crippen molar-refractivity contribution in [2.45, 2.75) is 26.0 Å². The minimum Gasteiger partial charge on any atom is -0.389 e. The van der Waals surface area contributed by atoms with Gasteiger partial charge in [-0.05, 0) is 13.8 Å². The van der Waals surface area contributed by atoms with E-state index in [9.17, 15) is 14.7 Å². The molecule has 0 aliphatic heterocycles. The number of rotatable bonds is 4. The highest BCUT2D eigenvalue weighted by atomic mass is 16.3. The van der Waals surface area contributed by atoms with Gasteiger partial charge in [-0.25, -0.2) is 4.79 Å². The quantitative estimate of drug-likeness (QED) is 0.705. The molecule has 0 saturated carbocycles. The van der Waals surface area contributed by atoms with E-state index in [1.165, 1.54) is 17.8 Å². The van der Waals surface area contributed by atoms with Crippen LogP contribution in [-0.2, 0) is 20.6 Å². The lowest BCUT2D eigenvalue weighted by atomic mass is 10.1. The van der Waals surface area contributed by atoms with E-state index in [0.717, 1.165) is 4.57 Å². The normalized spacial score (nSPS) is 11.8. The summed E-state index contributed by atoms with van der Waals surface area (Å²) in [6, 6.07) is 0. The van der Waals surface area contributed by atoms with Crippen LogP contribution in [0, 0.1) is 0 Å². The van der Waals surface area contributed by atoms with Crippen molar-refractivity contribution < 1.29 is 5.11 Å². The van der Waals surface area contributed by atoms with Gasteiger partial charge in [-0.1, -0.05) is 0 Å². The minimum absolute atomic E-state index is 0.309. The van der Waals surface area contributed by atoms with Gasteiger partial charge in [0.15, 0.2) is 0 Å². The fourth-order valence-corrected chi connectivity index (χ4v) is 1.51. The molecule has 0 radical (unpaired) electrons. The summed E-state index contributed by atoms with van der Waals surface area (Å²) in [5.41, 5.74) is -0.984. The third kappa shape index (κ3) is 3.54. The second-order valence-electron chi connectivity index (χ2n) is 4.83. The van der Waals surface area contributed by atoms with E-state index in [-0.39, 0.29) is 11.2 Å². The fraction of sp³-hybridized carbons (Fsp3) is 0.636. The number of aryl methyl sites for hydroxylation is 1. The summed E-state index contributed by atoms with van der Waals surface area (Å²) in [6.45, 7) is 4.06. The van der Waals surface area contributed by atoms with Crippen molar-refractivity contribution in [3.63, 3.8) is 0 Å². The van der Waals surface area contributed by atoms with E-state index in [0.29, 0.717) is 18.7 Å². The zero-order chi connectivity index (χ0) is 13.2. The van der Waals surface area contributed by atoms with Crippen molar-refractivity contribution in [3.05, 3.63) is 32.6 Å². The molecule has 0 bridgehead atoms. The van der Waals surface area contributed by atoms with Crippen LogP contribution >= 0.6 is 0 Å². The Morgan fingerprint density at radius 3 is 2.47 bits per heavy atom. The Morgan fingerprint density at radius 2 is 1.94 bits per heavy atom. The van der Waals surface area contributed by atoms with Gasteiger partial charge in [-0.2, -0.15) is 0 Å². The number of hydrogen-bond donors (Lipinski definition) is 2. The predicted octanol–water partition coefficient (Wildman–Crippen LogP) is -1.06. The molecule has 0 aromatic carbocycles. The predicted molar refractivity (Wildman–Crippen MR) is 64.9 cm³/mol. The van der Waals surface area contributed by atoms with Crippen LogP contribution in [0.5, 0.6) is 0 Å². The Kier molecular flexibility index (Phi) is 3.90. The molecule has 0 aliphatic rings. The molecule has 0 fully saturated rings. The number of aromatic nitrogens is 2. The summed E-state index contributed by atoms with van der Waals surface area (Å²) < 4.78 is 2.43. The van der Waals surface area contributed by atoms with Gasteiger partial charge in [0.05, 0.1) is 5.60 Å². The monoisotopic (exact) mass is 241 g/mol. The molecule has 0 spiro atoms. The average molecular weight is 241 g/mol. The van der Waals surface area contributed by atoms with Gasteiger partial charge < -0.3 is 15.0 Å². The van der Waals surface area contributed by atoms with Crippen molar-refractivity contribution in [2.75, 3.05) is 6.54 Å². The number of nitrogens with zero attached hydrogens (tertiary/aromatic N) is 2.